The molecule has 1 saturated carbocycles. The lowest BCUT2D eigenvalue weighted by molar-refractivity contribution is -0.145. The molecule has 26 heavy (non-hydrogen) atoms. The monoisotopic (exact) mass is 357 g/mol. The van der Waals surface area contributed by atoms with Crippen LogP contribution in [0.4, 0.5) is 0 Å². The fourth-order valence-corrected chi connectivity index (χ4v) is 3.61. The molecule has 0 unspecified atom stereocenters. The van der Waals surface area contributed by atoms with E-state index in [1.807, 2.05) is 12.1 Å². The molecule has 0 aliphatic heterocycles. The quantitative estimate of drug-likeness (QED) is 0.593. The third kappa shape index (κ3) is 6.07. The lowest BCUT2D eigenvalue weighted by Gasteiger charge is -2.29. The van der Waals surface area contributed by atoms with Crippen LogP contribution in [-0.4, -0.2) is 42.2 Å². The van der Waals surface area contributed by atoms with Crippen molar-refractivity contribution in [2.75, 3.05) is 26.2 Å². The first-order valence-corrected chi connectivity index (χ1v) is 9.79. The van der Waals surface area contributed by atoms with Crippen LogP contribution in [-0.2, 0) is 9.53 Å². The molecule has 1 aliphatic carbocycles. The number of ether oxygens (including phenoxy) is 1. The van der Waals surface area contributed by atoms with Crippen molar-refractivity contribution in [1.82, 2.24) is 4.90 Å². The van der Waals surface area contributed by atoms with E-state index in [1.54, 1.807) is 12.1 Å². The Hall–Kier alpha value is -1.99. The molecular formula is C22H31NO3. The Kier molecular flexibility index (Phi) is 8.50. The maximum Gasteiger partial charge on any atom is 0.314 e. The van der Waals surface area contributed by atoms with Gasteiger partial charge in [-0.25, -0.2) is 0 Å². The smallest absolute Gasteiger partial charge is 0.314 e. The molecule has 0 spiro atoms. The number of esters is 1. The fourth-order valence-electron chi connectivity index (χ4n) is 3.61. The summed E-state index contributed by atoms with van der Waals surface area (Å²) in [5, 5.41) is 9.53. The normalized spacial score (nSPS) is 16.0. The molecule has 142 valence electrons. The average molecular weight is 357 g/mol. The first kappa shape index (κ1) is 20.3. The van der Waals surface area contributed by atoms with Crippen molar-refractivity contribution in [3.05, 3.63) is 29.8 Å². The number of hydrogen-bond acceptors (Lipinski definition) is 4. The van der Waals surface area contributed by atoms with Crippen LogP contribution in [0.5, 0.6) is 5.75 Å². The van der Waals surface area contributed by atoms with Crippen LogP contribution >= 0.6 is 0 Å². The van der Waals surface area contributed by atoms with Crippen LogP contribution in [0.25, 0.3) is 0 Å². The van der Waals surface area contributed by atoms with E-state index in [1.165, 1.54) is 6.42 Å². The Labute approximate surface area is 157 Å². The summed E-state index contributed by atoms with van der Waals surface area (Å²) in [5.41, 5.74) is 0.927. The van der Waals surface area contributed by atoms with E-state index < -0.39 is 0 Å². The molecule has 0 radical (unpaired) electrons. The molecule has 1 atom stereocenters. The predicted molar refractivity (Wildman–Crippen MR) is 104 cm³/mol. The molecule has 0 bridgehead atoms. The molecular weight excluding hydrogens is 326 g/mol. The van der Waals surface area contributed by atoms with Crippen LogP contribution in [0, 0.1) is 17.8 Å². The van der Waals surface area contributed by atoms with Crippen molar-refractivity contribution in [2.45, 2.75) is 51.9 Å². The third-order valence-corrected chi connectivity index (χ3v) is 5.24. The van der Waals surface area contributed by atoms with E-state index >= 15 is 0 Å². The van der Waals surface area contributed by atoms with E-state index in [0.29, 0.717) is 12.5 Å². The SMILES string of the molecule is CCN(CC)CC#CCOC(=O)[C@H](c1ccc(O)cc1)C1CCCCC1. The highest BCUT2D eigenvalue weighted by atomic mass is 16.5. The molecule has 1 aliphatic rings. The van der Waals surface area contributed by atoms with Crippen molar-refractivity contribution < 1.29 is 14.6 Å². The minimum absolute atomic E-state index is 0.140. The van der Waals surface area contributed by atoms with Crippen LogP contribution in [0.1, 0.15) is 57.4 Å². The maximum atomic E-state index is 12.8. The lowest BCUT2D eigenvalue weighted by Crippen LogP contribution is -2.26. The van der Waals surface area contributed by atoms with E-state index in [9.17, 15) is 9.90 Å². The van der Waals surface area contributed by atoms with Gasteiger partial charge in [-0.15, -0.1) is 0 Å². The van der Waals surface area contributed by atoms with Gasteiger partial charge in [-0.1, -0.05) is 57.1 Å². The fraction of sp³-hybridized carbons (Fsp3) is 0.591. The lowest BCUT2D eigenvalue weighted by atomic mass is 9.77. The van der Waals surface area contributed by atoms with E-state index in [0.717, 1.165) is 44.3 Å². The van der Waals surface area contributed by atoms with Crippen LogP contribution in [0.15, 0.2) is 24.3 Å². The van der Waals surface area contributed by atoms with Crippen molar-refractivity contribution in [2.24, 2.45) is 5.92 Å². The van der Waals surface area contributed by atoms with Gasteiger partial charge in [0, 0.05) is 0 Å². The highest BCUT2D eigenvalue weighted by Crippen LogP contribution is 2.37. The van der Waals surface area contributed by atoms with E-state index in [2.05, 4.69) is 30.6 Å². The summed E-state index contributed by atoms with van der Waals surface area (Å²) < 4.78 is 5.50. The Morgan fingerprint density at radius 2 is 1.81 bits per heavy atom. The molecule has 0 saturated heterocycles. The maximum absolute atomic E-state index is 12.8. The number of phenols is 1. The first-order valence-electron chi connectivity index (χ1n) is 9.79. The number of phenolic OH excluding ortho intramolecular Hbond substituents is 1. The Balaban J connectivity index is 1.99. The second-order valence-electron chi connectivity index (χ2n) is 6.89. The number of hydrogen-bond donors (Lipinski definition) is 1. The minimum Gasteiger partial charge on any atom is -0.508 e. The molecule has 4 nitrogen and oxygen atoms in total. The van der Waals surface area contributed by atoms with Crippen LogP contribution in [0.3, 0.4) is 0 Å². The molecule has 1 aromatic carbocycles. The van der Waals surface area contributed by atoms with Gasteiger partial charge in [0.25, 0.3) is 0 Å². The summed E-state index contributed by atoms with van der Waals surface area (Å²) in [6, 6.07) is 6.95. The van der Waals surface area contributed by atoms with Gasteiger partial charge in [0.05, 0.1) is 12.5 Å². The molecule has 2 rings (SSSR count). The van der Waals surface area contributed by atoms with Gasteiger partial charge in [-0.2, -0.15) is 0 Å². The second-order valence-corrected chi connectivity index (χ2v) is 6.89. The van der Waals surface area contributed by atoms with Gasteiger partial charge < -0.3 is 9.84 Å². The van der Waals surface area contributed by atoms with Gasteiger partial charge >= 0.3 is 5.97 Å². The van der Waals surface area contributed by atoms with Gasteiger partial charge in [0.1, 0.15) is 5.75 Å². The Bertz CT molecular complexity index is 605. The Morgan fingerprint density at radius 1 is 1.15 bits per heavy atom. The molecule has 4 heteroatoms. The van der Waals surface area contributed by atoms with Crippen LogP contribution < -0.4 is 0 Å². The summed E-state index contributed by atoms with van der Waals surface area (Å²) >= 11 is 0. The number of rotatable bonds is 7. The number of aromatic hydroxyl groups is 1. The predicted octanol–water partition coefficient (Wildman–Crippen LogP) is 3.94. The van der Waals surface area contributed by atoms with Crippen molar-refractivity contribution in [3.63, 3.8) is 0 Å². The standard InChI is InChI=1S/C22H31NO3/c1-3-23(4-2)16-8-9-17-26-22(25)21(18-10-6-5-7-11-18)19-12-14-20(24)15-13-19/h12-15,18,21,24H,3-7,10-11,16-17H2,1-2H3/t21-/m0/s1. The zero-order valence-electron chi connectivity index (χ0n) is 16.0. The largest absolute Gasteiger partial charge is 0.508 e. The van der Waals surface area contributed by atoms with Gasteiger partial charge in [0.15, 0.2) is 6.61 Å². The zero-order valence-corrected chi connectivity index (χ0v) is 16.0. The highest BCUT2D eigenvalue weighted by Gasteiger charge is 2.32. The molecule has 1 fully saturated rings. The number of benzene rings is 1. The topological polar surface area (TPSA) is 49.8 Å². The summed E-state index contributed by atoms with van der Waals surface area (Å²) in [7, 11) is 0. The van der Waals surface area contributed by atoms with E-state index in [-0.39, 0.29) is 24.2 Å². The molecule has 0 aromatic heterocycles. The number of carbonyl (C=O) groups excluding carboxylic acids is 1. The van der Waals surface area contributed by atoms with Gasteiger partial charge in [-0.05, 0) is 49.5 Å². The van der Waals surface area contributed by atoms with Crippen molar-refractivity contribution >= 4 is 5.97 Å². The number of carbonyl (C=O) groups is 1. The molecule has 0 heterocycles. The summed E-state index contributed by atoms with van der Waals surface area (Å²) in [6.45, 7) is 7.00. The Morgan fingerprint density at radius 3 is 2.42 bits per heavy atom. The summed E-state index contributed by atoms with van der Waals surface area (Å²) in [6.07, 6.45) is 5.67. The highest BCUT2D eigenvalue weighted by molar-refractivity contribution is 5.78. The summed E-state index contributed by atoms with van der Waals surface area (Å²) in [4.78, 5) is 15.0. The first-order chi connectivity index (χ1) is 12.7. The minimum atomic E-state index is -0.263. The van der Waals surface area contributed by atoms with Crippen molar-refractivity contribution in [1.29, 1.82) is 0 Å². The number of nitrogens with zero attached hydrogens (tertiary/aromatic N) is 1. The van der Waals surface area contributed by atoms with E-state index in [4.69, 9.17) is 4.74 Å². The third-order valence-electron chi connectivity index (χ3n) is 5.24. The van der Waals surface area contributed by atoms with Crippen LogP contribution in [0.2, 0.25) is 0 Å². The summed E-state index contributed by atoms with van der Waals surface area (Å²) in [5.74, 6) is 6.10. The van der Waals surface area contributed by atoms with Crippen molar-refractivity contribution in [3.8, 4) is 17.6 Å². The molecule has 1 N–H and O–H groups in total. The second kappa shape index (κ2) is 10.9. The van der Waals surface area contributed by atoms with Gasteiger partial charge in [0.2, 0.25) is 0 Å². The zero-order chi connectivity index (χ0) is 18.8. The molecule has 0 amide bonds. The molecule has 1 aromatic rings. The van der Waals surface area contributed by atoms with Gasteiger partial charge in [-0.3, -0.25) is 9.69 Å². The average Bonchev–Trinajstić information content (AvgIpc) is 2.67.